The van der Waals surface area contributed by atoms with Crippen molar-refractivity contribution in [2.24, 2.45) is 0 Å². The van der Waals surface area contributed by atoms with Crippen LogP contribution >= 0.6 is 0 Å². The Hall–Kier alpha value is -8.20. The molecule has 2 heteroatoms. The van der Waals surface area contributed by atoms with E-state index in [2.05, 4.69) is 240 Å². The summed E-state index contributed by atoms with van der Waals surface area (Å²) in [5, 5.41) is 12.5. The van der Waals surface area contributed by atoms with Crippen molar-refractivity contribution in [1.82, 2.24) is 9.13 Å². The molecule has 2 heterocycles. The zero-order valence-corrected chi connectivity index (χ0v) is 33.8. The van der Waals surface area contributed by atoms with Crippen LogP contribution in [0.25, 0.3) is 121 Å². The SMILES string of the molecule is c1ccc(-c2c3ccccc3c(-c3cccc4c(-n5c6ccccc6c6cc(-c7ccc8c(c7)c7ccccc7n8-c7ccccc7)ccc65)cccc34)c3ccccc23)cc1. The lowest BCUT2D eigenvalue weighted by atomic mass is 9.84. The molecule has 0 fully saturated rings. The molecule has 0 aliphatic rings. The monoisotopic (exact) mass is 786 g/mol. The van der Waals surface area contributed by atoms with Gasteiger partial charge in [0.05, 0.1) is 27.8 Å². The molecule has 2 aromatic heterocycles. The Labute approximate surface area is 358 Å². The number of aromatic nitrogens is 2. The van der Waals surface area contributed by atoms with Crippen molar-refractivity contribution in [1.29, 1.82) is 0 Å². The first kappa shape index (κ1) is 34.6. The Bertz CT molecular complexity index is 3850. The predicted octanol–water partition coefficient (Wildman–Crippen LogP) is 16.3. The van der Waals surface area contributed by atoms with Gasteiger partial charge in [-0.3, -0.25) is 0 Å². The van der Waals surface area contributed by atoms with Crippen molar-refractivity contribution in [3.63, 3.8) is 0 Å². The highest BCUT2D eigenvalue weighted by Gasteiger charge is 2.21. The molecule has 0 saturated carbocycles. The van der Waals surface area contributed by atoms with Gasteiger partial charge in [0.25, 0.3) is 0 Å². The molecule has 288 valence electrons. The largest absolute Gasteiger partial charge is 0.309 e. The zero-order valence-electron chi connectivity index (χ0n) is 33.8. The number of hydrogen-bond acceptors (Lipinski definition) is 0. The summed E-state index contributed by atoms with van der Waals surface area (Å²) in [6, 6.07) is 84.7. The second kappa shape index (κ2) is 13.7. The second-order valence-electron chi connectivity index (χ2n) is 16.4. The van der Waals surface area contributed by atoms with E-state index in [1.54, 1.807) is 0 Å². The number of benzene rings is 11. The predicted molar refractivity (Wildman–Crippen MR) is 264 cm³/mol. The van der Waals surface area contributed by atoms with Gasteiger partial charge in [0.2, 0.25) is 0 Å². The Morgan fingerprint density at radius 3 is 1.27 bits per heavy atom. The minimum Gasteiger partial charge on any atom is -0.309 e. The van der Waals surface area contributed by atoms with Gasteiger partial charge < -0.3 is 9.13 Å². The van der Waals surface area contributed by atoms with Crippen molar-refractivity contribution in [3.05, 3.63) is 231 Å². The average Bonchev–Trinajstić information content (AvgIpc) is 3.85. The molecule has 0 aliphatic heterocycles. The van der Waals surface area contributed by atoms with Gasteiger partial charge in [0, 0.05) is 32.6 Å². The van der Waals surface area contributed by atoms with Crippen LogP contribution in [0.1, 0.15) is 0 Å². The van der Waals surface area contributed by atoms with Gasteiger partial charge in [0.15, 0.2) is 0 Å². The Morgan fingerprint density at radius 2 is 0.661 bits per heavy atom. The van der Waals surface area contributed by atoms with Crippen molar-refractivity contribution >= 4 is 75.9 Å². The van der Waals surface area contributed by atoms with Crippen LogP contribution in [0.2, 0.25) is 0 Å². The lowest BCUT2D eigenvalue weighted by Gasteiger charge is -2.19. The number of para-hydroxylation sites is 3. The molecule has 62 heavy (non-hydrogen) atoms. The molecule has 0 unspecified atom stereocenters. The van der Waals surface area contributed by atoms with E-state index in [4.69, 9.17) is 0 Å². The molecule has 11 aromatic carbocycles. The standard InChI is InChI=1S/C60H38N2/c1-3-17-39(18-4-1)59-48-23-7-9-25-50(48)60(51-26-10-8-24-49(51)59)47-29-15-28-44-43(47)27-16-32-56(44)62-55-31-14-12-22-46(55)53-38-41(34-36-58(53)62)40-33-35-57-52(37-40)45-21-11-13-30-54(45)61(57)42-19-5-2-6-20-42/h1-38H. The van der Waals surface area contributed by atoms with Crippen LogP contribution in [0.15, 0.2) is 231 Å². The van der Waals surface area contributed by atoms with Crippen LogP contribution < -0.4 is 0 Å². The van der Waals surface area contributed by atoms with Gasteiger partial charge in [-0.05, 0) is 115 Å². The first-order valence-electron chi connectivity index (χ1n) is 21.4. The van der Waals surface area contributed by atoms with Crippen molar-refractivity contribution in [2.75, 3.05) is 0 Å². The number of nitrogens with zero attached hydrogens (tertiary/aromatic N) is 2. The lowest BCUT2D eigenvalue weighted by molar-refractivity contribution is 1.18. The quantitative estimate of drug-likeness (QED) is 0.154. The van der Waals surface area contributed by atoms with Gasteiger partial charge in [-0.1, -0.05) is 176 Å². The van der Waals surface area contributed by atoms with E-state index in [0.717, 1.165) is 0 Å². The topological polar surface area (TPSA) is 9.86 Å². The third kappa shape index (κ3) is 5.11. The van der Waals surface area contributed by atoms with Gasteiger partial charge in [-0.25, -0.2) is 0 Å². The third-order valence-corrected chi connectivity index (χ3v) is 13.1. The Kier molecular flexibility index (Phi) is 7.64. The molecule has 0 N–H and O–H groups in total. The third-order valence-electron chi connectivity index (χ3n) is 13.1. The molecule has 13 aromatic rings. The zero-order chi connectivity index (χ0) is 40.7. The van der Waals surface area contributed by atoms with Gasteiger partial charge >= 0.3 is 0 Å². The molecule has 0 bridgehead atoms. The summed E-state index contributed by atoms with van der Waals surface area (Å²) in [5.41, 5.74) is 14.6. The van der Waals surface area contributed by atoms with Gasteiger partial charge in [0.1, 0.15) is 0 Å². The average molecular weight is 787 g/mol. The Balaban J connectivity index is 1.01. The number of rotatable bonds is 5. The van der Waals surface area contributed by atoms with Crippen LogP contribution in [0.3, 0.4) is 0 Å². The maximum Gasteiger partial charge on any atom is 0.0541 e. The summed E-state index contributed by atoms with van der Waals surface area (Å²) in [6.45, 7) is 0. The fourth-order valence-corrected chi connectivity index (χ4v) is 10.5. The van der Waals surface area contributed by atoms with E-state index in [0.29, 0.717) is 0 Å². The smallest absolute Gasteiger partial charge is 0.0541 e. The molecule has 13 rings (SSSR count). The van der Waals surface area contributed by atoms with E-state index in [1.165, 1.54) is 121 Å². The van der Waals surface area contributed by atoms with Crippen molar-refractivity contribution in [3.8, 4) is 44.8 Å². The van der Waals surface area contributed by atoms with Gasteiger partial charge in [-0.2, -0.15) is 0 Å². The van der Waals surface area contributed by atoms with Crippen LogP contribution in [0.4, 0.5) is 0 Å². The maximum atomic E-state index is 2.48. The highest BCUT2D eigenvalue weighted by atomic mass is 15.0. The molecule has 0 radical (unpaired) electrons. The lowest BCUT2D eigenvalue weighted by Crippen LogP contribution is -1.96. The van der Waals surface area contributed by atoms with Crippen LogP contribution in [-0.4, -0.2) is 9.13 Å². The van der Waals surface area contributed by atoms with Crippen LogP contribution in [0, 0.1) is 0 Å². The van der Waals surface area contributed by atoms with Gasteiger partial charge in [-0.15, -0.1) is 0 Å². The molecular formula is C60H38N2. The van der Waals surface area contributed by atoms with Crippen LogP contribution in [0.5, 0.6) is 0 Å². The molecule has 0 aliphatic carbocycles. The first-order chi connectivity index (χ1) is 30.8. The highest BCUT2D eigenvalue weighted by molar-refractivity contribution is 6.24. The summed E-state index contributed by atoms with van der Waals surface area (Å²) in [6.07, 6.45) is 0. The van der Waals surface area contributed by atoms with Crippen LogP contribution in [-0.2, 0) is 0 Å². The summed E-state index contributed by atoms with van der Waals surface area (Å²) in [5.74, 6) is 0. The number of hydrogen-bond donors (Lipinski definition) is 0. The second-order valence-corrected chi connectivity index (χ2v) is 16.4. The highest BCUT2D eigenvalue weighted by Crippen LogP contribution is 2.46. The minimum atomic E-state index is 1.17. The summed E-state index contributed by atoms with van der Waals surface area (Å²) in [7, 11) is 0. The van der Waals surface area contributed by atoms with E-state index >= 15 is 0 Å². The molecule has 0 atom stereocenters. The van der Waals surface area contributed by atoms with Crippen molar-refractivity contribution < 1.29 is 0 Å². The summed E-state index contributed by atoms with van der Waals surface area (Å²) < 4.78 is 4.86. The van der Waals surface area contributed by atoms with E-state index in [-0.39, 0.29) is 0 Å². The fourth-order valence-electron chi connectivity index (χ4n) is 10.5. The molecule has 0 amide bonds. The molecule has 0 spiro atoms. The summed E-state index contributed by atoms with van der Waals surface area (Å²) >= 11 is 0. The molecule has 2 nitrogen and oxygen atoms in total. The maximum absolute atomic E-state index is 2.48. The molecule has 0 saturated heterocycles. The van der Waals surface area contributed by atoms with E-state index < -0.39 is 0 Å². The summed E-state index contributed by atoms with van der Waals surface area (Å²) in [4.78, 5) is 0. The van der Waals surface area contributed by atoms with Crippen molar-refractivity contribution in [2.45, 2.75) is 0 Å². The number of fused-ring (bicyclic) bond motifs is 9. The first-order valence-corrected chi connectivity index (χ1v) is 21.4. The minimum absolute atomic E-state index is 1.17. The normalized spacial score (nSPS) is 11.9. The van der Waals surface area contributed by atoms with E-state index in [1.807, 2.05) is 0 Å². The van der Waals surface area contributed by atoms with E-state index in [9.17, 15) is 0 Å². The fraction of sp³-hybridized carbons (Fsp3) is 0. The Morgan fingerprint density at radius 1 is 0.226 bits per heavy atom. The molecular weight excluding hydrogens is 749 g/mol.